The van der Waals surface area contributed by atoms with E-state index in [-0.39, 0.29) is 11.8 Å². The molecule has 1 aliphatic carbocycles. The van der Waals surface area contributed by atoms with Crippen molar-refractivity contribution in [2.45, 2.75) is 103 Å². The molecular formula is C31H47ClN4O6. The van der Waals surface area contributed by atoms with Gasteiger partial charge in [0.1, 0.15) is 17.7 Å². The number of likely N-dealkylation sites (N-methyl/N-ethyl adjacent to an activating group) is 1. The Bertz CT molecular complexity index is 1080. The molecule has 4 amide bonds. The lowest BCUT2D eigenvalue weighted by molar-refractivity contribution is -0.143. The minimum Gasteiger partial charge on any atom is -0.444 e. The minimum atomic E-state index is -0.968. The lowest BCUT2D eigenvalue weighted by Crippen LogP contribution is -2.58. The molecule has 1 fully saturated rings. The van der Waals surface area contributed by atoms with E-state index in [1.54, 1.807) is 20.8 Å². The summed E-state index contributed by atoms with van der Waals surface area (Å²) < 4.78 is 5.46. The molecule has 3 atom stereocenters. The van der Waals surface area contributed by atoms with Crippen LogP contribution in [0.2, 0.25) is 0 Å². The first-order chi connectivity index (χ1) is 19.9. The summed E-state index contributed by atoms with van der Waals surface area (Å²) in [5, 5.41) is 7.80. The second kappa shape index (κ2) is 16.5. The molecule has 0 radical (unpaired) electrons. The molecule has 1 aliphatic heterocycles. The maximum Gasteiger partial charge on any atom is 0.408 e. The molecule has 234 valence electrons. The number of nitrogens with zero attached hydrogens (tertiary/aromatic N) is 1. The second-order valence-corrected chi connectivity index (χ2v) is 12.1. The number of halogens is 1. The fraction of sp³-hybridized carbons (Fsp3) is 0.645. The number of fused-ring (bicyclic) bond motifs is 1. The van der Waals surface area contributed by atoms with Crippen molar-refractivity contribution in [2.24, 2.45) is 5.92 Å². The van der Waals surface area contributed by atoms with Gasteiger partial charge in [0.15, 0.2) is 0 Å². The zero-order chi connectivity index (χ0) is 31.4. The summed E-state index contributed by atoms with van der Waals surface area (Å²) in [5.41, 5.74) is 1.53. The van der Waals surface area contributed by atoms with Crippen molar-refractivity contribution < 1.29 is 28.7 Å². The Morgan fingerprint density at radius 2 is 1.62 bits per heavy atom. The predicted octanol–water partition coefficient (Wildman–Crippen LogP) is 3.52. The van der Waals surface area contributed by atoms with Crippen LogP contribution >= 0.6 is 11.6 Å². The Hall–Kier alpha value is -3.14. The maximum absolute atomic E-state index is 13.9. The minimum absolute atomic E-state index is 0.195. The summed E-state index contributed by atoms with van der Waals surface area (Å²) in [4.78, 5) is 65.9. The molecule has 3 unspecified atom stereocenters. The smallest absolute Gasteiger partial charge is 0.408 e. The molecule has 0 aromatic heterocycles. The third-order valence-electron chi connectivity index (χ3n) is 7.18. The van der Waals surface area contributed by atoms with Crippen LogP contribution in [0.15, 0.2) is 24.3 Å². The van der Waals surface area contributed by atoms with Gasteiger partial charge in [0.25, 0.3) is 5.91 Å². The first-order valence-corrected chi connectivity index (χ1v) is 15.4. The van der Waals surface area contributed by atoms with E-state index in [4.69, 9.17) is 16.3 Å². The predicted molar refractivity (Wildman–Crippen MR) is 162 cm³/mol. The van der Waals surface area contributed by atoms with Gasteiger partial charge in [0, 0.05) is 19.5 Å². The average molecular weight is 607 g/mol. The molecule has 1 aromatic carbocycles. The third-order valence-corrected chi connectivity index (χ3v) is 7.56. The molecular weight excluding hydrogens is 560 g/mol. The van der Waals surface area contributed by atoms with Crippen molar-refractivity contribution >= 4 is 41.2 Å². The molecule has 0 saturated carbocycles. The largest absolute Gasteiger partial charge is 0.444 e. The highest BCUT2D eigenvalue weighted by atomic mass is 35.5. The number of benzene rings is 1. The van der Waals surface area contributed by atoms with Crippen molar-refractivity contribution in [3.8, 4) is 0 Å². The number of carbonyl (C=O) groups is 5. The van der Waals surface area contributed by atoms with Crippen LogP contribution in [0.5, 0.6) is 0 Å². The summed E-state index contributed by atoms with van der Waals surface area (Å²) in [6.07, 6.45) is 3.56. The lowest BCUT2D eigenvalue weighted by Gasteiger charge is -2.32. The summed E-state index contributed by atoms with van der Waals surface area (Å²) in [7, 11) is 1.36. The Labute approximate surface area is 254 Å². The normalized spacial score (nSPS) is 17.7. The van der Waals surface area contributed by atoms with E-state index in [0.29, 0.717) is 45.1 Å². The second-order valence-electron chi connectivity index (χ2n) is 11.7. The quantitative estimate of drug-likeness (QED) is 0.276. The zero-order valence-corrected chi connectivity index (χ0v) is 26.5. The zero-order valence-electron chi connectivity index (χ0n) is 25.8. The van der Waals surface area contributed by atoms with E-state index in [2.05, 4.69) is 16.0 Å². The molecule has 11 heteroatoms. The van der Waals surface area contributed by atoms with Crippen LogP contribution in [0.4, 0.5) is 4.79 Å². The molecule has 0 bridgehead atoms. The summed E-state index contributed by atoms with van der Waals surface area (Å²) >= 11 is 5.19. The maximum atomic E-state index is 13.9. The van der Waals surface area contributed by atoms with E-state index in [0.717, 1.165) is 23.4 Å². The Morgan fingerprint density at radius 1 is 1.02 bits per heavy atom. The van der Waals surface area contributed by atoms with Crippen LogP contribution < -0.4 is 16.0 Å². The van der Waals surface area contributed by atoms with Gasteiger partial charge in [0.2, 0.25) is 17.6 Å². The highest BCUT2D eigenvalue weighted by Crippen LogP contribution is 2.31. The number of amides is 4. The molecule has 1 aromatic rings. The number of carbonyl (C=O) groups excluding carboxylic acids is 5. The number of ketones is 1. The Kier molecular flexibility index (Phi) is 13.8. The van der Waals surface area contributed by atoms with E-state index in [9.17, 15) is 24.0 Å². The van der Waals surface area contributed by atoms with Crippen LogP contribution in [0, 0.1) is 5.92 Å². The number of alkyl halides is 1. The van der Waals surface area contributed by atoms with Crippen molar-refractivity contribution in [1.82, 2.24) is 20.9 Å². The number of hydrogen-bond donors (Lipinski definition) is 3. The molecule has 1 heterocycles. The molecule has 3 N–H and O–H groups in total. The van der Waals surface area contributed by atoms with E-state index >= 15 is 0 Å². The van der Waals surface area contributed by atoms with Crippen LogP contribution in [-0.4, -0.2) is 77.7 Å². The van der Waals surface area contributed by atoms with Crippen molar-refractivity contribution in [3.05, 3.63) is 35.4 Å². The van der Waals surface area contributed by atoms with Crippen LogP contribution in [0.3, 0.4) is 0 Å². The standard InChI is InChI=1S/C28H40N4O6.C3H7Cl/c1-6-10-20(23(33)25(35)29-5)30-24(34)21-13-9-14-32(21)26(36)22(31-27(37)38-28(2,3)4)19-15-17-11-7-8-12-18(17)16-19;1-2-3-4/h7-8,11-12,19-22H,6,9-10,13-16H2,1-5H3,(H,29,35)(H,30,34)(H,31,37);2-3H2,1H3. The van der Waals surface area contributed by atoms with Gasteiger partial charge >= 0.3 is 6.09 Å². The van der Waals surface area contributed by atoms with Crippen molar-refractivity contribution in [3.63, 3.8) is 0 Å². The molecule has 10 nitrogen and oxygen atoms in total. The number of ether oxygens (including phenoxy) is 1. The first-order valence-electron chi connectivity index (χ1n) is 14.9. The fourth-order valence-corrected chi connectivity index (χ4v) is 5.23. The number of Topliss-reactive ketones (excluding diaryl/α,β-unsaturated/α-hetero) is 1. The van der Waals surface area contributed by atoms with Crippen LogP contribution in [0.25, 0.3) is 0 Å². The Morgan fingerprint density at radius 3 is 2.12 bits per heavy atom. The highest BCUT2D eigenvalue weighted by Gasteiger charge is 2.43. The SMILES string of the molecule is CCCC(NC(=O)C1CCCN1C(=O)C(NC(=O)OC(C)(C)C)C1Cc2ccccc2C1)C(=O)C(=O)NC.CCCCl. The number of rotatable bonds is 10. The molecule has 2 aliphatic rings. The van der Waals surface area contributed by atoms with Crippen LogP contribution in [0.1, 0.15) is 77.8 Å². The summed E-state index contributed by atoms with van der Waals surface area (Å²) in [6.45, 7) is 9.51. The van der Waals surface area contributed by atoms with Gasteiger partial charge in [-0.2, -0.15) is 0 Å². The van der Waals surface area contributed by atoms with Crippen molar-refractivity contribution in [1.29, 1.82) is 0 Å². The van der Waals surface area contributed by atoms with Crippen molar-refractivity contribution in [2.75, 3.05) is 19.5 Å². The molecule has 1 saturated heterocycles. The average Bonchev–Trinajstić information content (AvgIpc) is 3.61. The summed E-state index contributed by atoms with van der Waals surface area (Å²) in [5.74, 6) is -1.72. The number of nitrogens with one attached hydrogen (secondary N) is 3. The number of likely N-dealkylation sites (tertiary alicyclic amines) is 1. The van der Waals surface area contributed by atoms with Gasteiger partial charge in [0.05, 0.1) is 6.04 Å². The molecule has 3 rings (SSSR count). The van der Waals surface area contributed by atoms with Gasteiger partial charge < -0.3 is 25.6 Å². The lowest BCUT2D eigenvalue weighted by atomic mass is 9.95. The van der Waals surface area contributed by atoms with E-state index in [1.165, 1.54) is 11.9 Å². The van der Waals surface area contributed by atoms with Gasteiger partial charge in [-0.1, -0.05) is 44.5 Å². The number of hydrogen-bond acceptors (Lipinski definition) is 6. The summed E-state index contributed by atoms with van der Waals surface area (Å²) in [6, 6.07) is 5.29. The topological polar surface area (TPSA) is 134 Å². The van der Waals surface area contributed by atoms with Gasteiger partial charge in [-0.05, 0) is 76.3 Å². The van der Waals surface area contributed by atoms with E-state index in [1.807, 2.05) is 38.1 Å². The monoisotopic (exact) mass is 606 g/mol. The van der Waals surface area contributed by atoms with Gasteiger partial charge in [-0.25, -0.2) is 4.79 Å². The third kappa shape index (κ3) is 10.00. The molecule has 0 spiro atoms. The first kappa shape index (κ1) is 35.1. The van der Waals surface area contributed by atoms with Gasteiger partial charge in [-0.3, -0.25) is 19.2 Å². The fourth-order valence-electron chi connectivity index (χ4n) is 5.23. The number of alkyl carbamates (subject to hydrolysis) is 1. The Balaban J connectivity index is 0.00000144. The highest BCUT2D eigenvalue weighted by molar-refractivity contribution is 6.38. The van der Waals surface area contributed by atoms with Crippen LogP contribution in [-0.2, 0) is 36.8 Å². The van der Waals surface area contributed by atoms with Gasteiger partial charge in [-0.15, -0.1) is 11.6 Å². The van der Waals surface area contributed by atoms with E-state index < -0.39 is 47.4 Å². The molecule has 42 heavy (non-hydrogen) atoms.